The first kappa shape index (κ1) is 16.7. The summed E-state index contributed by atoms with van der Waals surface area (Å²) in [4.78, 5) is 4.63. The minimum atomic E-state index is -3.25. The van der Waals surface area contributed by atoms with Gasteiger partial charge in [0.05, 0.1) is 35.3 Å². The fourth-order valence-corrected chi connectivity index (χ4v) is 5.34. The molecule has 1 aliphatic carbocycles. The molecule has 1 aliphatic heterocycles. The number of hydrogen-bond donors (Lipinski definition) is 1. The van der Waals surface area contributed by atoms with Crippen LogP contribution in [0.5, 0.6) is 0 Å². The van der Waals surface area contributed by atoms with E-state index in [1.54, 1.807) is 18.2 Å². The quantitative estimate of drug-likeness (QED) is 0.741. The predicted octanol–water partition coefficient (Wildman–Crippen LogP) is 3.15. The second-order valence-electron chi connectivity index (χ2n) is 7.50. The van der Waals surface area contributed by atoms with Gasteiger partial charge in [0.2, 0.25) is 0 Å². The second kappa shape index (κ2) is 5.78. The standard InChI is InChI=1S/C21H20N2O3S/c1-27(25,26)14-7-9-15-13(10-14)6-8-18(21(15)24)20-17-5-3-2-4-16(17)19-11-22-12-23(19)20/h2-5,7,9-12,18,20-21,24H,6,8H2,1H3/t18-,20-,21+/m1/s1. The number of aliphatic hydroxyl groups excluding tert-OH is 1. The normalized spacial score (nSPS) is 23.6. The van der Waals surface area contributed by atoms with Crippen LogP contribution in [0.15, 0.2) is 59.9 Å². The van der Waals surface area contributed by atoms with Crippen LogP contribution < -0.4 is 0 Å². The first-order valence-corrected chi connectivity index (χ1v) is 11.0. The maximum atomic E-state index is 11.8. The number of rotatable bonds is 2. The highest BCUT2D eigenvalue weighted by atomic mass is 32.2. The van der Waals surface area contributed by atoms with Crippen LogP contribution in [0.25, 0.3) is 11.3 Å². The summed E-state index contributed by atoms with van der Waals surface area (Å²) in [6.45, 7) is 0. The highest BCUT2D eigenvalue weighted by molar-refractivity contribution is 7.90. The summed E-state index contributed by atoms with van der Waals surface area (Å²) in [5.41, 5.74) is 5.24. The minimum Gasteiger partial charge on any atom is -0.388 e. The van der Waals surface area contributed by atoms with Crippen LogP contribution in [0, 0.1) is 5.92 Å². The van der Waals surface area contributed by atoms with Crippen LogP contribution in [0.2, 0.25) is 0 Å². The van der Waals surface area contributed by atoms with E-state index in [0.717, 1.165) is 29.7 Å². The Bertz CT molecular complexity index is 1150. The van der Waals surface area contributed by atoms with E-state index < -0.39 is 15.9 Å². The first-order valence-electron chi connectivity index (χ1n) is 9.07. The zero-order valence-corrected chi connectivity index (χ0v) is 15.7. The molecule has 0 saturated carbocycles. The zero-order chi connectivity index (χ0) is 18.8. The van der Waals surface area contributed by atoms with Gasteiger partial charge in [-0.2, -0.15) is 0 Å². The van der Waals surface area contributed by atoms with E-state index in [9.17, 15) is 13.5 Å². The fraction of sp³-hybridized carbons (Fsp3) is 0.286. The maximum Gasteiger partial charge on any atom is 0.175 e. The van der Waals surface area contributed by atoms with Crippen molar-refractivity contribution in [2.45, 2.75) is 29.9 Å². The average molecular weight is 380 g/mol. The van der Waals surface area contributed by atoms with Crippen molar-refractivity contribution in [2.24, 2.45) is 5.92 Å². The van der Waals surface area contributed by atoms with E-state index in [4.69, 9.17) is 0 Å². The lowest BCUT2D eigenvalue weighted by molar-refractivity contribution is 0.0719. The molecule has 2 aliphatic rings. The number of imidazole rings is 1. The number of benzene rings is 2. The third-order valence-corrected chi connectivity index (χ3v) is 7.05. The van der Waals surface area contributed by atoms with Crippen molar-refractivity contribution < 1.29 is 13.5 Å². The summed E-state index contributed by atoms with van der Waals surface area (Å²) >= 11 is 0. The summed E-state index contributed by atoms with van der Waals surface area (Å²) in [6.07, 6.45) is 5.83. The fourth-order valence-electron chi connectivity index (χ4n) is 4.67. The number of fused-ring (bicyclic) bond motifs is 4. The van der Waals surface area contributed by atoms with E-state index in [2.05, 4.69) is 21.7 Å². The Labute approximate surface area is 158 Å². The Morgan fingerprint density at radius 2 is 1.96 bits per heavy atom. The number of aliphatic hydroxyl groups is 1. The van der Waals surface area contributed by atoms with Crippen LogP contribution in [0.1, 0.15) is 35.3 Å². The highest BCUT2D eigenvalue weighted by Gasteiger charge is 2.40. The zero-order valence-electron chi connectivity index (χ0n) is 14.9. The van der Waals surface area contributed by atoms with Gasteiger partial charge < -0.3 is 9.67 Å². The molecular weight excluding hydrogens is 360 g/mol. The lowest BCUT2D eigenvalue weighted by Crippen LogP contribution is -2.28. The van der Waals surface area contributed by atoms with Gasteiger partial charge in [-0.15, -0.1) is 0 Å². The highest BCUT2D eigenvalue weighted by Crippen LogP contribution is 2.49. The Kier molecular flexibility index (Phi) is 3.58. The Morgan fingerprint density at radius 3 is 2.78 bits per heavy atom. The van der Waals surface area contributed by atoms with Crippen molar-refractivity contribution >= 4 is 9.84 Å². The van der Waals surface area contributed by atoms with Gasteiger partial charge in [0, 0.05) is 17.7 Å². The third-order valence-electron chi connectivity index (χ3n) is 5.94. The van der Waals surface area contributed by atoms with Crippen molar-refractivity contribution in [1.29, 1.82) is 0 Å². The number of aromatic nitrogens is 2. The SMILES string of the molecule is CS(=O)(=O)c1ccc2c(c1)CC[C@H]([C@H]1c3ccccc3-c3cncn31)[C@H]2O. The molecule has 2 aromatic carbocycles. The molecule has 0 radical (unpaired) electrons. The molecule has 0 amide bonds. The summed E-state index contributed by atoms with van der Waals surface area (Å²) in [5.74, 6) is 0.0122. The van der Waals surface area contributed by atoms with E-state index in [-0.39, 0.29) is 12.0 Å². The molecule has 0 spiro atoms. The van der Waals surface area contributed by atoms with Gasteiger partial charge in [0.1, 0.15) is 0 Å². The largest absolute Gasteiger partial charge is 0.388 e. The molecule has 0 fully saturated rings. The van der Waals surface area contributed by atoms with Gasteiger partial charge in [-0.25, -0.2) is 13.4 Å². The molecule has 27 heavy (non-hydrogen) atoms. The molecule has 0 unspecified atom stereocenters. The van der Waals surface area contributed by atoms with Crippen molar-refractivity contribution in [3.63, 3.8) is 0 Å². The molecular formula is C21H20N2O3S. The predicted molar refractivity (Wildman–Crippen MR) is 102 cm³/mol. The van der Waals surface area contributed by atoms with E-state index in [1.807, 2.05) is 24.7 Å². The van der Waals surface area contributed by atoms with Gasteiger partial charge >= 0.3 is 0 Å². The molecule has 2 heterocycles. The third kappa shape index (κ3) is 2.47. The number of hydrogen-bond acceptors (Lipinski definition) is 4. The van der Waals surface area contributed by atoms with Crippen LogP contribution >= 0.6 is 0 Å². The van der Waals surface area contributed by atoms with Gasteiger partial charge in [-0.1, -0.05) is 30.3 Å². The molecule has 0 bridgehead atoms. The van der Waals surface area contributed by atoms with Crippen molar-refractivity contribution in [3.05, 3.63) is 71.7 Å². The van der Waals surface area contributed by atoms with E-state index >= 15 is 0 Å². The van der Waals surface area contributed by atoms with Gasteiger partial charge in [-0.05, 0) is 41.7 Å². The second-order valence-corrected chi connectivity index (χ2v) is 9.51. The Hall–Kier alpha value is -2.44. The monoisotopic (exact) mass is 380 g/mol. The summed E-state index contributed by atoms with van der Waals surface area (Å²) in [7, 11) is -3.25. The van der Waals surface area contributed by atoms with Crippen LogP contribution in [0.4, 0.5) is 0 Å². The average Bonchev–Trinajstić information content (AvgIpc) is 3.22. The number of aryl methyl sites for hydroxylation is 1. The van der Waals surface area contributed by atoms with Crippen molar-refractivity contribution in [3.8, 4) is 11.3 Å². The number of nitrogens with zero attached hydrogens (tertiary/aromatic N) is 2. The molecule has 5 rings (SSSR count). The molecule has 5 nitrogen and oxygen atoms in total. The summed E-state index contributed by atoms with van der Waals surface area (Å²) < 4.78 is 25.9. The number of sulfone groups is 1. The molecule has 3 aromatic rings. The summed E-state index contributed by atoms with van der Waals surface area (Å²) in [6, 6.07) is 13.4. The molecule has 1 N–H and O–H groups in total. The maximum absolute atomic E-state index is 11.8. The minimum absolute atomic E-state index is 0.0122. The molecule has 1 aromatic heterocycles. The van der Waals surface area contributed by atoms with Gasteiger partial charge in [0.15, 0.2) is 9.84 Å². The van der Waals surface area contributed by atoms with Crippen molar-refractivity contribution in [2.75, 3.05) is 6.26 Å². The van der Waals surface area contributed by atoms with Gasteiger partial charge in [-0.3, -0.25) is 0 Å². The van der Waals surface area contributed by atoms with Crippen LogP contribution in [-0.4, -0.2) is 29.3 Å². The lowest BCUT2D eigenvalue weighted by Gasteiger charge is -2.35. The first-order chi connectivity index (χ1) is 12.9. The molecule has 3 atom stereocenters. The molecule has 138 valence electrons. The Morgan fingerprint density at radius 1 is 1.15 bits per heavy atom. The Balaban J connectivity index is 1.57. The van der Waals surface area contributed by atoms with E-state index in [0.29, 0.717) is 4.90 Å². The molecule has 6 heteroatoms. The lowest BCUT2D eigenvalue weighted by atomic mass is 9.76. The van der Waals surface area contributed by atoms with Crippen LogP contribution in [0.3, 0.4) is 0 Å². The van der Waals surface area contributed by atoms with Crippen molar-refractivity contribution in [1.82, 2.24) is 9.55 Å². The van der Waals surface area contributed by atoms with Crippen LogP contribution in [-0.2, 0) is 16.3 Å². The topological polar surface area (TPSA) is 72.2 Å². The summed E-state index contributed by atoms with van der Waals surface area (Å²) in [5, 5.41) is 11.2. The smallest absolute Gasteiger partial charge is 0.175 e. The molecule has 0 saturated heterocycles. The van der Waals surface area contributed by atoms with Gasteiger partial charge in [0.25, 0.3) is 0 Å². The van der Waals surface area contributed by atoms with E-state index in [1.165, 1.54) is 17.4 Å².